The molecule has 1 N–H and O–H groups in total. The number of nitrogens with one attached hydrogen (secondary N) is 1. The first kappa shape index (κ1) is 17.4. The van der Waals surface area contributed by atoms with Crippen LogP contribution in [0.2, 0.25) is 0 Å². The van der Waals surface area contributed by atoms with Crippen LogP contribution in [-0.2, 0) is 6.42 Å². The van der Waals surface area contributed by atoms with Crippen molar-refractivity contribution in [2.24, 2.45) is 0 Å². The minimum atomic E-state index is -0.498. The second kappa shape index (κ2) is 6.95. The Morgan fingerprint density at radius 2 is 2.07 bits per heavy atom. The van der Waals surface area contributed by atoms with Gasteiger partial charge in [0.2, 0.25) is 0 Å². The van der Waals surface area contributed by atoms with E-state index in [2.05, 4.69) is 22.3 Å². The van der Waals surface area contributed by atoms with E-state index < -0.39 is 5.82 Å². The summed E-state index contributed by atoms with van der Waals surface area (Å²) in [5.41, 5.74) is 4.45. The number of benzene rings is 1. The molecule has 0 unspecified atom stereocenters. The number of hydrogen-bond donors (Lipinski definition) is 1. The maximum atomic E-state index is 14.3. The lowest BCUT2D eigenvalue weighted by atomic mass is 9.99. The van der Waals surface area contributed by atoms with E-state index in [0.29, 0.717) is 0 Å². The van der Waals surface area contributed by atoms with Crippen molar-refractivity contribution in [2.75, 3.05) is 0 Å². The van der Waals surface area contributed by atoms with Crippen molar-refractivity contribution >= 4 is 5.91 Å². The number of nitrogens with zero attached hydrogens (tertiary/aromatic N) is 3. The van der Waals surface area contributed by atoms with Crippen molar-refractivity contribution < 1.29 is 9.18 Å². The first-order valence-electron chi connectivity index (χ1n) is 9.15. The van der Waals surface area contributed by atoms with Gasteiger partial charge in [0.25, 0.3) is 5.91 Å². The topological polar surface area (TPSA) is 59.8 Å². The van der Waals surface area contributed by atoms with E-state index in [9.17, 15) is 9.18 Å². The molecule has 1 saturated carbocycles. The Morgan fingerprint density at radius 3 is 2.81 bits per heavy atom. The third-order valence-electron chi connectivity index (χ3n) is 4.82. The summed E-state index contributed by atoms with van der Waals surface area (Å²) in [5, 5.41) is 7.26. The van der Waals surface area contributed by atoms with Crippen LogP contribution in [0.15, 0.2) is 43.0 Å². The van der Waals surface area contributed by atoms with E-state index in [1.165, 1.54) is 6.07 Å². The molecule has 0 bridgehead atoms. The number of pyridine rings is 1. The van der Waals surface area contributed by atoms with Crippen LogP contribution >= 0.6 is 0 Å². The van der Waals surface area contributed by atoms with Crippen LogP contribution in [0.3, 0.4) is 0 Å². The monoisotopic (exact) mass is 364 g/mol. The van der Waals surface area contributed by atoms with E-state index >= 15 is 0 Å². The van der Waals surface area contributed by atoms with Crippen LogP contribution in [0.5, 0.6) is 0 Å². The molecule has 0 aliphatic heterocycles. The molecule has 0 spiro atoms. The normalized spacial score (nSPS) is 13.6. The van der Waals surface area contributed by atoms with Gasteiger partial charge in [0.15, 0.2) is 0 Å². The first-order chi connectivity index (χ1) is 13.0. The van der Waals surface area contributed by atoms with Crippen LogP contribution in [0.4, 0.5) is 4.39 Å². The van der Waals surface area contributed by atoms with E-state index in [4.69, 9.17) is 0 Å². The van der Waals surface area contributed by atoms with Gasteiger partial charge in [-0.25, -0.2) is 9.07 Å². The molecule has 1 amide bonds. The van der Waals surface area contributed by atoms with E-state index in [1.807, 2.05) is 25.4 Å². The summed E-state index contributed by atoms with van der Waals surface area (Å²) < 4.78 is 16.1. The summed E-state index contributed by atoms with van der Waals surface area (Å²) in [6.07, 6.45) is 10.0. The van der Waals surface area contributed by atoms with Gasteiger partial charge in [-0.15, -0.1) is 0 Å². The van der Waals surface area contributed by atoms with Crippen molar-refractivity contribution in [1.29, 1.82) is 0 Å². The Bertz CT molecular complexity index is 1010. The third-order valence-corrected chi connectivity index (χ3v) is 4.82. The van der Waals surface area contributed by atoms with E-state index in [-0.39, 0.29) is 17.5 Å². The molecule has 2 heterocycles. The molecule has 1 aliphatic carbocycles. The maximum Gasteiger partial charge on any atom is 0.254 e. The minimum absolute atomic E-state index is 0.0740. The zero-order chi connectivity index (χ0) is 19.0. The molecule has 138 valence electrons. The predicted octanol–water partition coefficient (Wildman–Crippen LogP) is 3.84. The third kappa shape index (κ3) is 3.60. The maximum absolute atomic E-state index is 14.3. The summed E-state index contributed by atoms with van der Waals surface area (Å²) in [4.78, 5) is 16.6. The summed E-state index contributed by atoms with van der Waals surface area (Å²) in [5.74, 6) is -0.856. The average Bonchev–Trinajstić information content (AvgIpc) is 3.34. The van der Waals surface area contributed by atoms with Gasteiger partial charge in [0, 0.05) is 24.0 Å². The molecule has 27 heavy (non-hydrogen) atoms. The van der Waals surface area contributed by atoms with Gasteiger partial charge in [-0.05, 0) is 61.1 Å². The number of aryl methyl sites for hydroxylation is 2. The molecule has 3 aromatic rings. The van der Waals surface area contributed by atoms with Crippen molar-refractivity contribution in [2.45, 2.75) is 39.2 Å². The fourth-order valence-electron chi connectivity index (χ4n) is 3.04. The Kier molecular flexibility index (Phi) is 4.48. The molecule has 4 rings (SSSR count). The van der Waals surface area contributed by atoms with Crippen molar-refractivity contribution in [3.63, 3.8) is 0 Å². The van der Waals surface area contributed by atoms with Gasteiger partial charge >= 0.3 is 0 Å². The van der Waals surface area contributed by atoms with Gasteiger partial charge in [-0.3, -0.25) is 9.78 Å². The molecule has 0 atom stereocenters. The summed E-state index contributed by atoms with van der Waals surface area (Å²) in [6, 6.07) is 5.25. The zero-order valence-electron chi connectivity index (χ0n) is 15.4. The predicted molar refractivity (Wildman–Crippen MR) is 101 cm³/mol. The fraction of sp³-hybridized carbons (Fsp3) is 0.286. The Morgan fingerprint density at radius 1 is 1.26 bits per heavy atom. The first-order valence-corrected chi connectivity index (χ1v) is 9.15. The van der Waals surface area contributed by atoms with Crippen LogP contribution in [0.1, 0.15) is 41.3 Å². The van der Waals surface area contributed by atoms with Crippen molar-refractivity contribution in [3.8, 4) is 16.8 Å². The van der Waals surface area contributed by atoms with Crippen LogP contribution in [0.25, 0.3) is 16.8 Å². The molecule has 6 heteroatoms. The van der Waals surface area contributed by atoms with E-state index in [1.54, 1.807) is 23.1 Å². The van der Waals surface area contributed by atoms with Crippen LogP contribution in [-0.4, -0.2) is 26.7 Å². The SMILES string of the molecule is CCc1cncc(-n2cc(-c3cc(C(=O)NC4CC4)c(F)cc3C)cn2)c1. The van der Waals surface area contributed by atoms with Crippen LogP contribution in [0, 0.1) is 12.7 Å². The molecule has 0 saturated heterocycles. The average molecular weight is 364 g/mol. The number of hydrogen-bond acceptors (Lipinski definition) is 3. The molecule has 1 aromatic carbocycles. The molecular formula is C21H21FN4O. The molecular weight excluding hydrogens is 343 g/mol. The Hall–Kier alpha value is -3.02. The number of carbonyl (C=O) groups is 1. The van der Waals surface area contributed by atoms with Gasteiger partial charge in [0.1, 0.15) is 5.82 Å². The number of rotatable bonds is 5. The number of amides is 1. The van der Waals surface area contributed by atoms with Crippen LogP contribution < -0.4 is 5.32 Å². The molecule has 5 nitrogen and oxygen atoms in total. The highest BCUT2D eigenvalue weighted by atomic mass is 19.1. The fourth-order valence-corrected chi connectivity index (χ4v) is 3.04. The van der Waals surface area contributed by atoms with Gasteiger partial charge in [-0.2, -0.15) is 5.10 Å². The lowest BCUT2D eigenvalue weighted by Crippen LogP contribution is -2.26. The Labute approximate surface area is 157 Å². The lowest BCUT2D eigenvalue weighted by molar-refractivity contribution is 0.0947. The minimum Gasteiger partial charge on any atom is -0.349 e. The quantitative estimate of drug-likeness (QED) is 0.748. The van der Waals surface area contributed by atoms with Crippen molar-refractivity contribution in [3.05, 3.63) is 65.5 Å². The number of aromatic nitrogens is 3. The van der Waals surface area contributed by atoms with Gasteiger partial charge in [0.05, 0.1) is 23.6 Å². The molecule has 1 aliphatic rings. The highest BCUT2D eigenvalue weighted by Gasteiger charge is 2.25. The highest BCUT2D eigenvalue weighted by Crippen LogP contribution is 2.28. The summed E-state index contributed by atoms with van der Waals surface area (Å²) in [6.45, 7) is 3.91. The second-order valence-electron chi connectivity index (χ2n) is 6.97. The summed E-state index contributed by atoms with van der Waals surface area (Å²) >= 11 is 0. The largest absolute Gasteiger partial charge is 0.349 e. The molecule has 2 aromatic heterocycles. The highest BCUT2D eigenvalue weighted by molar-refractivity contribution is 5.96. The standard InChI is InChI=1S/C21H21FN4O/c1-3-14-7-17(11-23-9-14)26-12-15(10-24-26)18-8-19(20(22)6-13(18)2)21(27)25-16-4-5-16/h6-12,16H,3-5H2,1-2H3,(H,25,27). The van der Waals surface area contributed by atoms with Gasteiger partial charge in [-0.1, -0.05) is 6.92 Å². The molecule has 0 radical (unpaired) electrons. The molecule has 1 fully saturated rings. The number of carbonyl (C=O) groups excluding carboxylic acids is 1. The zero-order valence-corrected chi connectivity index (χ0v) is 15.4. The van der Waals surface area contributed by atoms with Gasteiger partial charge < -0.3 is 5.32 Å². The second-order valence-corrected chi connectivity index (χ2v) is 6.97. The van der Waals surface area contributed by atoms with Crippen molar-refractivity contribution in [1.82, 2.24) is 20.1 Å². The lowest BCUT2D eigenvalue weighted by Gasteiger charge is -2.09. The smallest absolute Gasteiger partial charge is 0.254 e. The van der Waals surface area contributed by atoms with E-state index in [0.717, 1.165) is 47.2 Å². The number of halogens is 1. The Balaban J connectivity index is 1.68. The summed E-state index contributed by atoms with van der Waals surface area (Å²) in [7, 11) is 0.